The Morgan fingerprint density at radius 1 is 0.698 bits per heavy atom. The Morgan fingerprint density at radius 3 is 1.49 bits per heavy atom. The summed E-state index contributed by atoms with van der Waals surface area (Å²) in [5.74, 6) is -0.296. The molecule has 2 unspecified atom stereocenters. The van der Waals surface area contributed by atoms with Crippen LogP contribution in [0.3, 0.4) is 0 Å². The van der Waals surface area contributed by atoms with Gasteiger partial charge >= 0.3 is 28.3 Å². The van der Waals surface area contributed by atoms with Crippen molar-refractivity contribution >= 4 is 28.3 Å². The molecule has 12 atom stereocenters. The maximum Gasteiger partial charge on any atom is 0.437 e. The van der Waals surface area contributed by atoms with Crippen LogP contribution in [-0.2, 0) is 41.5 Å². The fourth-order valence-corrected chi connectivity index (χ4v) is 15.7. The third kappa shape index (κ3) is 6.22. The van der Waals surface area contributed by atoms with Crippen LogP contribution < -0.4 is 9.79 Å². The zero-order chi connectivity index (χ0) is 37.6. The van der Waals surface area contributed by atoms with E-state index < -0.39 is 39.4 Å². The van der Waals surface area contributed by atoms with Crippen LogP contribution in [-0.4, -0.2) is 50.6 Å². The van der Waals surface area contributed by atoms with E-state index in [1.54, 1.807) is 12.2 Å². The molecule has 13 heteroatoms. The van der Waals surface area contributed by atoms with Gasteiger partial charge in [-0.15, -0.1) is 0 Å². The molecule has 53 heavy (non-hydrogen) atoms. The number of phosphoric ester groups is 2. The van der Waals surface area contributed by atoms with Gasteiger partial charge in [0.15, 0.2) is 0 Å². The van der Waals surface area contributed by atoms with Gasteiger partial charge in [-0.25, -0.2) is 9.59 Å². The van der Waals surface area contributed by atoms with E-state index >= 15 is 0 Å². The first-order valence-corrected chi connectivity index (χ1v) is 22.0. The van der Waals surface area contributed by atoms with E-state index in [1.165, 1.54) is 0 Å². The van der Waals surface area contributed by atoms with Crippen LogP contribution in [0.4, 0.5) is 0 Å². The van der Waals surface area contributed by atoms with E-state index in [9.17, 15) is 19.4 Å². The molecule has 11 nitrogen and oxygen atoms in total. The zero-order valence-electron chi connectivity index (χ0n) is 31.2. The van der Waals surface area contributed by atoms with Crippen LogP contribution in [0.5, 0.6) is 0 Å². The standard InChI is InChI=1S/C40H52O11P2/c1-25-7-13-31-37(3,29(25)11-9-27-17-21-45-35(27)41)19-15-33-39(31,5)23-47-52(43,49-33)51-53(44)48-24-40(6)32-14-8-26(2)30(12-10-28-18-22-46-36(28)42)38(32,4)20-16-34(40)50-53/h9-12,17-18,29-34H,1-2,7-8,13-16,19-24H2,3-6H3/b11-9+,12-10+/t29-,30-,31+,32+,33-,34-,37+,38+,39+,40+,52?,53?/m1/s1. The van der Waals surface area contributed by atoms with Gasteiger partial charge in [0, 0.05) is 27.0 Å². The van der Waals surface area contributed by atoms with E-state index in [4.69, 9.17) is 31.9 Å². The van der Waals surface area contributed by atoms with Gasteiger partial charge in [0.1, 0.15) is 38.6 Å². The number of ether oxygens (including phenoxy) is 2. The minimum Gasteiger partial charge on any atom is -0.602 e. The van der Waals surface area contributed by atoms with Crippen LogP contribution >= 0.6 is 16.3 Å². The number of fused-ring (bicyclic) bond motifs is 6. The fraction of sp³-hybridized carbons (Fsp3) is 0.650. The highest BCUT2D eigenvalue weighted by molar-refractivity contribution is 7.67. The summed E-state index contributed by atoms with van der Waals surface area (Å²) in [6.45, 7) is 18.4. The lowest BCUT2D eigenvalue weighted by Crippen LogP contribution is -2.61. The van der Waals surface area contributed by atoms with Gasteiger partial charge in [-0.3, -0.25) is 0 Å². The van der Waals surface area contributed by atoms with Gasteiger partial charge < -0.3 is 19.3 Å². The van der Waals surface area contributed by atoms with Crippen molar-refractivity contribution in [2.75, 3.05) is 26.4 Å². The van der Waals surface area contributed by atoms with Crippen molar-refractivity contribution in [3.8, 4) is 0 Å². The molecule has 4 saturated carbocycles. The molecule has 0 aromatic heterocycles. The van der Waals surface area contributed by atoms with Gasteiger partial charge in [-0.05, 0) is 86.2 Å². The summed E-state index contributed by atoms with van der Waals surface area (Å²) < 4.78 is 40.4. The lowest BCUT2D eigenvalue weighted by molar-refractivity contribution is -0.308. The Labute approximate surface area is 313 Å². The number of allylic oxidation sites excluding steroid dienone is 4. The number of hydrogen-bond donors (Lipinski definition) is 0. The molecule has 8 aliphatic rings. The number of carbonyl (C=O) groups is 2. The topological polar surface area (TPSA) is 145 Å². The molecular formula is C40H52O11P2. The average molecular weight is 771 g/mol. The quantitative estimate of drug-likeness (QED) is 0.160. The number of rotatable bonds is 6. The molecule has 0 spiro atoms. The summed E-state index contributed by atoms with van der Waals surface area (Å²) in [6, 6.07) is 0. The summed E-state index contributed by atoms with van der Waals surface area (Å²) in [4.78, 5) is 52.6. The lowest BCUT2D eigenvalue weighted by atomic mass is 9.46. The second-order valence-electron chi connectivity index (χ2n) is 17.5. The Hall–Kier alpha value is -2.04. The highest BCUT2D eigenvalue weighted by Gasteiger charge is 2.69. The van der Waals surface area contributed by atoms with Gasteiger partial charge in [-0.1, -0.05) is 76.3 Å². The summed E-state index contributed by atoms with van der Waals surface area (Å²) in [6.07, 6.45) is 16.6. The van der Waals surface area contributed by atoms with Crippen molar-refractivity contribution in [1.82, 2.24) is 0 Å². The first-order chi connectivity index (χ1) is 25.0. The Balaban J connectivity index is 0.950. The molecule has 2 saturated heterocycles. The predicted molar refractivity (Wildman–Crippen MR) is 195 cm³/mol. The SMILES string of the molecule is C=C1CC[C@@H]2[C@]3(C)CO[P+]([O-])(O[P+]4([O-])OC[C@@]5(C)[C@H]6CCC(=C)[C@@H](/C=C/C7=CCOC7=O)[C@]6(C)CC[C@H]5O4)O[C@@H]3CC[C@@]2(C)[C@@H]1/C=C/C1=CCOC1=O. The minimum atomic E-state index is -4.33. The van der Waals surface area contributed by atoms with Gasteiger partial charge in [-0.2, -0.15) is 18.1 Å². The molecule has 0 N–H and O–H groups in total. The van der Waals surface area contributed by atoms with Crippen molar-refractivity contribution in [3.05, 3.63) is 71.9 Å². The van der Waals surface area contributed by atoms with Crippen molar-refractivity contribution < 1.29 is 51.3 Å². The van der Waals surface area contributed by atoms with Crippen molar-refractivity contribution in [2.24, 2.45) is 45.3 Å². The van der Waals surface area contributed by atoms with Crippen LogP contribution in [0.2, 0.25) is 0 Å². The molecule has 4 aliphatic carbocycles. The number of carbonyl (C=O) groups excluding carboxylic acids is 2. The normalized spacial score (nSPS) is 48.4. The zero-order valence-corrected chi connectivity index (χ0v) is 33.0. The van der Waals surface area contributed by atoms with E-state index in [0.29, 0.717) is 37.2 Å². The summed E-state index contributed by atoms with van der Waals surface area (Å²) in [7, 11) is -8.66. The monoisotopic (exact) mass is 770 g/mol. The second-order valence-corrected chi connectivity index (χ2v) is 20.9. The Bertz CT molecular complexity index is 1600. The van der Waals surface area contributed by atoms with Gasteiger partial charge in [0.05, 0.1) is 11.1 Å². The molecule has 0 amide bonds. The van der Waals surface area contributed by atoms with E-state index in [0.717, 1.165) is 49.7 Å². The maximum absolute atomic E-state index is 14.2. The highest BCUT2D eigenvalue weighted by Crippen LogP contribution is 2.78. The second kappa shape index (κ2) is 13.3. The molecule has 288 valence electrons. The number of hydrogen-bond acceptors (Lipinski definition) is 11. The average Bonchev–Trinajstić information content (AvgIpc) is 3.71. The number of esters is 2. The molecule has 0 aromatic rings. The van der Waals surface area contributed by atoms with Crippen molar-refractivity contribution in [2.45, 2.75) is 91.3 Å². The molecule has 4 aliphatic heterocycles. The van der Waals surface area contributed by atoms with Crippen LogP contribution in [0, 0.1) is 45.3 Å². The van der Waals surface area contributed by atoms with E-state index in [2.05, 4.69) is 53.0 Å². The highest BCUT2D eigenvalue weighted by atomic mass is 31.3. The van der Waals surface area contributed by atoms with Crippen molar-refractivity contribution in [1.29, 1.82) is 0 Å². The molecule has 0 bridgehead atoms. The van der Waals surface area contributed by atoms with Gasteiger partial charge in [0.25, 0.3) is 0 Å². The first-order valence-electron chi connectivity index (χ1n) is 19.1. The number of phosphoric acid groups is 2. The van der Waals surface area contributed by atoms with Crippen LogP contribution in [0.1, 0.15) is 79.1 Å². The smallest absolute Gasteiger partial charge is 0.437 e. The fourth-order valence-electron chi connectivity index (χ4n) is 11.7. The van der Waals surface area contributed by atoms with Crippen molar-refractivity contribution in [3.63, 3.8) is 0 Å². The molecule has 0 radical (unpaired) electrons. The molecule has 6 fully saturated rings. The molecule has 4 heterocycles. The van der Waals surface area contributed by atoms with E-state index in [1.807, 2.05) is 12.2 Å². The Kier molecular flexibility index (Phi) is 9.49. The largest absolute Gasteiger partial charge is 0.602 e. The third-order valence-electron chi connectivity index (χ3n) is 14.6. The predicted octanol–water partition coefficient (Wildman–Crippen LogP) is 6.77. The first kappa shape index (κ1) is 37.9. The van der Waals surface area contributed by atoms with E-state index in [-0.39, 0.29) is 59.7 Å². The summed E-state index contributed by atoms with van der Waals surface area (Å²) in [5, 5.41) is 0. The molecule has 8 rings (SSSR count). The van der Waals surface area contributed by atoms with Crippen LogP contribution in [0.25, 0.3) is 0 Å². The van der Waals surface area contributed by atoms with Crippen LogP contribution in [0.15, 0.2) is 71.9 Å². The lowest BCUT2D eigenvalue weighted by Gasteiger charge is -2.62. The van der Waals surface area contributed by atoms with Gasteiger partial charge in [0.2, 0.25) is 0 Å². The Morgan fingerprint density at radius 2 is 1.11 bits per heavy atom. The maximum atomic E-state index is 14.2. The number of cyclic esters (lactones) is 2. The minimum absolute atomic E-state index is 0.0295. The third-order valence-corrected chi connectivity index (χ3v) is 18.1. The molecular weight excluding hydrogens is 718 g/mol. The summed E-state index contributed by atoms with van der Waals surface area (Å²) in [5.41, 5.74) is 1.98. The summed E-state index contributed by atoms with van der Waals surface area (Å²) >= 11 is 0. The molecule has 0 aromatic carbocycles.